The van der Waals surface area contributed by atoms with Crippen LogP contribution in [0.5, 0.6) is 5.75 Å². The molecule has 0 unspecified atom stereocenters. The Morgan fingerprint density at radius 1 is 1.12 bits per heavy atom. The van der Waals surface area contributed by atoms with E-state index >= 15 is 0 Å². The fourth-order valence-electron chi connectivity index (χ4n) is 2.47. The van der Waals surface area contributed by atoms with Crippen LogP contribution >= 0.6 is 0 Å². The molecule has 2 aromatic carbocycles. The molecule has 0 saturated carbocycles. The van der Waals surface area contributed by atoms with E-state index in [1.807, 2.05) is 50.2 Å². The lowest BCUT2D eigenvalue weighted by atomic mass is 9.99. The van der Waals surface area contributed by atoms with Crippen molar-refractivity contribution in [3.8, 4) is 5.75 Å². The van der Waals surface area contributed by atoms with Crippen molar-refractivity contribution in [3.63, 3.8) is 0 Å². The van der Waals surface area contributed by atoms with E-state index in [2.05, 4.69) is 0 Å². The van der Waals surface area contributed by atoms with Crippen LogP contribution in [0.4, 0.5) is 0 Å². The summed E-state index contributed by atoms with van der Waals surface area (Å²) in [6.07, 6.45) is 0. The summed E-state index contributed by atoms with van der Waals surface area (Å²) in [5, 5.41) is 9.54. The van der Waals surface area contributed by atoms with E-state index in [9.17, 15) is 9.90 Å². The molecule has 0 aliphatic rings. The smallest absolute Gasteiger partial charge is 0.339 e. The fraction of sp³-hybridized carbons (Fsp3) is 0.250. The Labute approximate surface area is 142 Å². The van der Waals surface area contributed by atoms with E-state index in [1.165, 1.54) is 7.11 Å². The van der Waals surface area contributed by atoms with Crippen molar-refractivity contribution in [2.45, 2.75) is 27.4 Å². The van der Waals surface area contributed by atoms with E-state index in [0.717, 1.165) is 22.4 Å². The van der Waals surface area contributed by atoms with Gasteiger partial charge in [-0.2, -0.15) is 0 Å². The Morgan fingerprint density at radius 2 is 1.83 bits per heavy atom. The molecule has 0 spiro atoms. The van der Waals surface area contributed by atoms with Crippen LogP contribution in [0.25, 0.3) is 5.57 Å². The third-order valence-corrected chi connectivity index (χ3v) is 3.89. The van der Waals surface area contributed by atoms with Gasteiger partial charge in [-0.3, -0.25) is 0 Å². The van der Waals surface area contributed by atoms with Crippen molar-refractivity contribution in [1.82, 2.24) is 0 Å². The average molecular weight is 326 g/mol. The van der Waals surface area contributed by atoms with Crippen molar-refractivity contribution in [1.29, 1.82) is 0 Å². The minimum absolute atomic E-state index is 0.151. The number of ether oxygens (including phenoxy) is 2. The van der Waals surface area contributed by atoms with Gasteiger partial charge in [-0.05, 0) is 49.1 Å². The molecule has 0 heterocycles. The standard InChI is InChI=1S/C20H22O4/c1-13-9-10-14(2)18(11-13)24-12-16-7-5-6-8-17(16)19(20(21)22)15(3)23-4/h5-11H,12H2,1-4H3,(H,21,22). The number of hydrogen-bond donors (Lipinski definition) is 1. The molecule has 0 saturated heterocycles. The maximum atomic E-state index is 11.6. The molecule has 0 amide bonds. The van der Waals surface area contributed by atoms with Crippen molar-refractivity contribution >= 4 is 11.5 Å². The summed E-state index contributed by atoms with van der Waals surface area (Å²) in [6.45, 7) is 5.92. The Balaban J connectivity index is 2.36. The summed E-state index contributed by atoms with van der Waals surface area (Å²) < 4.78 is 11.1. The van der Waals surface area contributed by atoms with Gasteiger partial charge < -0.3 is 14.6 Å². The molecule has 24 heavy (non-hydrogen) atoms. The van der Waals surface area contributed by atoms with Gasteiger partial charge >= 0.3 is 5.97 Å². The highest BCUT2D eigenvalue weighted by Crippen LogP contribution is 2.26. The third-order valence-electron chi connectivity index (χ3n) is 3.89. The number of carboxylic acids is 1. The largest absolute Gasteiger partial charge is 0.500 e. The number of methoxy groups -OCH3 is 1. The number of carbonyl (C=O) groups is 1. The Kier molecular flexibility index (Phi) is 5.64. The molecule has 0 fully saturated rings. The quantitative estimate of drug-likeness (QED) is 0.633. The number of benzene rings is 2. The molecule has 2 rings (SSSR count). The molecule has 0 aliphatic heterocycles. The predicted octanol–water partition coefficient (Wildman–Crippen LogP) is 4.34. The Hall–Kier alpha value is -2.75. The van der Waals surface area contributed by atoms with Crippen LogP contribution in [0, 0.1) is 13.8 Å². The van der Waals surface area contributed by atoms with Gasteiger partial charge in [0.15, 0.2) is 0 Å². The number of aryl methyl sites for hydroxylation is 2. The zero-order valence-corrected chi connectivity index (χ0v) is 14.4. The van der Waals surface area contributed by atoms with E-state index in [1.54, 1.807) is 13.0 Å². The molecular weight excluding hydrogens is 304 g/mol. The number of carboxylic acid groups (broad SMARTS) is 1. The van der Waals surface area contributed by atoms with Crippen LogP contribution in [0.3, 0.4) is 0 Å². The van der Waals surface area contributed by atoms with Gasteiger partial charge in [-0.25, -0.2) is 4.79 Å². The summed E-state index contributed by atoms with van der Waals surface area (Å²) in [5.74, 6) is 0.143. The Bertz CT molecular complexity index is 775. The van der Waals surface area contributed by atoms with Crippen molar-refractivity contribution in [3.05, 3.63) is 70.5 Å². The van der Waals surface area contributed by atoms with Crippen molar-refractivity contribution in [2.75, 3.05) is 7.11 Å². The van der Waals surface area contributed by atoms with Crippen LogP contribution < -0.4 is 4.74 Å². The monoisotopic (exact) mass is 326 g/mol. The molecule has 2 aromatic rings. The number of allylic oxidation sites excluding steroid dienone is 1. The van der Waals surface area contributed by atoms with Crippen LogP contribution in [0.1, 0.15) is 29.2 Å². The first-order chi connectivity index (χ1) is 11.4. The lowest BCUT2D eigenvalue weighted by molar-refractivity contribution is -0.130. The third kappa shape index (κ3) is 3.96. The number of hydrogen-bond acceptors (Lipinski definition) is 3. The first-order valence-corrected chi connectivity index (χ1v) is 7.70. The van der Waals surface area contributed by atoms with Crippen LogP contribution in [-0.4, -0.2) is 18.2 Å². The fourth-order valence-corrected chi connectivity index (χ4v) is 2.47. The highest BCUT2D eigenvalue weighted by molar-refractivity contribution is 6.16. The topological polar surface area (TPSA) is 55.8 Å². The van der Waals surface area contributed by atoms with Gasteiger partial charge in [0.25, 0.3) is 0 Å². The van der Waals surface area contributed by atoms with Gasteiger partial charge in [0.05, 0.1) is 7.11 Å². The van der Waals surface area contributed by atoms with Gasteiger partial charge in [0, 0.05) is 0 Å². The maximum absolute atomic E-state index is 11.6. The minimum atomic E-state index is -1.02. The minimum Gasteiger partial charge on any atom is -0.500 e. The molecule has 1 N–H and O–H groups in total. The van der Waals surface area contributed by atoms with Gasteiger partial charge in [0.1, 0.15) is 23.7 Å². The summed E-state index contributed by atoms with van der Waals surface area (Å²) >= 11 is 0. The second kappa shape index (κ2) is 7.68. The molecule has 0 bridgehead atoms. The van der Waals surface area contributed by atoms with Gasteiger partial charge in [-0.15, -0.1) is 0 Å². The molecule has 126 valence electrons. The van der Waals surface area contributed by atoms with Gasteiger partial charge in [-0.1, -0.05) is 36.4 Å². The van der Waals surface area contributed by atoms with E-state index < -0.39 is 5.97 Å². The summed E-state index contributed by atoms with van der Waals surface area (Å²) in [6, 6.07) is 13.3. The van der Waals surface area contributed by atoms with E-state index in [4.69, 9.17) is 9.47 Å². The van der Waals surface area contributed by atoms with Crippen molar-refractivity contribution < 1.29 is 19.4 Å². The van der Waals surface area contributed by atoms with Crippen LogP contribution in [0.15, 0.2) is 48.2 Å². The predicted molar refractivity (Wildman–Crippen MR) is 93.9 cm³/mol. The highest BCUT2D eigenvalue weighted by atomic mass is 16.5. The average Bonchev–Trinajstić information content (AvgIpc) is 2.56. The Morgan fingerprint density at radius 3 is 2.50 bits per heavy atom. The first kappa shape index (κ1) is 17.6. The molecule has 4 nitrogen and oxygen atoms in total. The molecule has 0 atom stereocenters. The second-order valence-electron chi connectivity index (χ2n) is 5.66. The maximum Gasteiger partial charge on any atom is 0.339 e. The zero-order chi connectivity index (χ0) is 17.7. The molecular formula is C20H22O4. The zero-order valence-electron chi connectivity index (χ0n) is 14.4. The molecule has 0 radical (unpaired) electrons. The second-order valence-corrected chi connectivity index (χ2v) is 5.66. The van der Waals surface area contributed by atoms with Crippen LogP contribution in [0.2, 0.25) is 0 Å². The number of rotatable bonds is 6. The molecule has 4 heteroatoms. The highest BCUT2D eigenvalue weighted by Gasteiger charge is 2.18. The normalized spacial score (nSPS) is 11.7. The lowest BCUT2D eigenvalue weighted by Crippen LogP contribution is -2.08. The summed E-state index contributed by atoms with van der Waals surface area (Å²) in [7, 11) is 1.47. The first-order valence-electron chi connectivity index (χ1n) is 7.70. The summed E-state index contributed by atoms with van der Waals surface area (Å²) in [4.78, 5) is 11.6. The lowest BCUT2D eigenvalue weighted by Gasteiger charge is -2.15. The molecule has 0 aliphatic carbocycles. The molecule has 0 aromatic heterocycles. The van der Waals surface area contributed by atoms with Crippen LogP contribution in [-0.2, 0) is 16.1 Å². The van der Waals surface area contributed by atoms with Gasteiger partial charge in [0.2, 0.25) is 0 Å². The van der Waals surface area contributed by atoms with E-state index in [-0.39, 0.29) is 12.2 Å². The van der Waals surface area contributed by atoms with E-state index in [0.29, 0.717) is 11.3 Å². The SMILES string of the molecule is COC(C)=C(C(=O)O)c1ccccc1COc1cc(C)ccc1C. The van der Waals surface area contributed by atoms with Crippen molar-refractivity contribution in [2.24, 2.45) is 0 Å². The number of aliphatic carboxylic acids is 1. The summed E-state index contributed by atoms with van der Waals surface area (Å²) in [5.41, 5.74) is 3.71.